The van der Waals surface area contributed by atoms with Gasteiger partial charge >= 0.3 is 0 Å². The Hall–Kier alpha value is -1.98. The van der Waals surface area contributed by atoms with Gasteiger partial charge in [-0.05, 0) is 17.7 Å². The number of aliphatic hydroxyl groups excluding tert-OH is 1. The quantitative estimate of drug-likeness (QED) is 0.873. The molecule has 1 aliphatic rings. The molecular weight excluding hydrogens is 252 g/mol. The van der Waals surface area contributed by atoms with E-state index in [9.17, 15) is 5.11 Å². The Morgan fingerprint density at radius 1 is 1.20 bits per heavy atom. The van der Waals surface area contributed by atoms with Gasteiger partial charge in [0.2, 0.25) is 0 Å². The first-order valence-corrected chi connectivity index (χ1v) is 6.86. The first-order chi connectivity index (χ1) is 9.86. The van der Waals surface area contributed by atoms with Gasteiger partial charge in [0.1, 0.15) is 5.82 Å². The molecule has 2 N–H and O–H groups in total. The number of benzene rings is 1. The molecule has 20 heavy (non-hydrogen) atoms. The molecule has 3 rings (SSSR count). The second-order valence-electron chi connectivity index (χ2n) is 4.83. The minimum Gasteiger partial charge on any atom is -0.392 e. The Morgan fingerprint density at radius 3 is 2.85 bits per heavy atom. The third-order valence-corrected chi connectivity index (χ3v) is 3.45. The average Bonchev–Trinajstić information content (AvgIpc) is 2.56. The third-order valence-electron chi connectivity index (χ3n) is 3.45. The summed E-state index contributed by atoms with van der Waals surface area (Å²) < 4.78 is 0. The van der Waals surface area contributed by atoms with Crippen LogP contribution in [0.15, 0.2) is 36.5 Å². The van der Waals surface area contributed by atoms with Crippen LogP contribution >= 0.6 is 0 Å². The topological polar surface area (TPSA) is 61.3 Å². The number of rotatable bonds is 3. The van der Waals surface area contributed by atoms with Gasteiger partial charge in [0.15, 0.2) is 5.82 Å². The molecule has 2 aromatic rings. The monoisotopic (exact) mass is 270 g/mol. The van der Waals surface area contributed by atoms with Gasteiger partial charge in [0.25, 0.3) is 0 Å². The Kier molecular flexibility index (Phi) is 3.90. The molecule has 0 spiro atoms. The molecule has 0 unspecified atom stereocenters. The van der Waals surface area contributed by atoms with Crippen molar-refractivity contribution in [1.82, 2.24) is 15.3 Å². The van der Waals surface area contributed by atoms with Crippen molar-refractivity contribution in [1.29, 1.82) is 0 Å². The number of anilines is 1. The normalized spacial score (nSPS) is 15.3. The molecule has 0 atom stereocenters. The molecule has 104 valence electrons. The number of nitrogens with zero attached hydrogens (tertiary/aromatic N) is 3. The lowest BCUT2D eigenvalue weighted by molar-refractivity contribution is 0.282. The van der Waals surface area contributed by atoms with Gasteiger partial charge in [0, 0.05) is 37.9 Å². The maximum atomic E-state index is 9.21. The largest absolute Gasteiger partial charge is 0.392 e. The van der Waals surface area contributed by atoms with Crippen LogP contribution in [0.4, 0.5) is 5.82 Å². The molecule has 1 saturated heterocycles. The zero-order chi connectivity index (χ0) is 13.8. The highest BCUT2D eigenvalue weighted by molar-refractivity contribution is 5.58. The maximum absolute atomic E-state index is 9.21. The van der Waals surface area contributed by atoms with E-state index in [1.165, 1.54) is 0 Å². The van der Waals surface area contributed by atoms with Crippen LogP contribution in [0.1, 0.15) is 5.56 Å². The molecule has 1 aromatic heterocycles. The zero-order valence-electron chi connectivity index (χ0n) is 11.3. The third kappa shape index (κ3) is 2.79. The van der Waals surface area contributed by atoms with E-state index in [4.69, 9.17) is 0 Å². The minimum absolute atomic E-state index is 0.0331. The standard InChI is InChI=1S/C15H18N4O/c20-11-12-2-1-3-13(10-12)15-17-5-4-14(18-15)19-8-6-16-7-9-19/h1-5,10,16,20H,6-9,11H2. The summed E-state index contributed by atoms with van der Waals surface area (Å²) in [6.45, 7) is 3.93. The van der Waals surface area contributed by atoms with Crippen molar-refractivity contribution in [2.75, 3.05) is 31.1 Å². The van der Waals surface area contributed by atoms with Crippen molar-refractivity contribution in [2.24, 2.45) is 0 Å². The molecule has 1 aliphatic heterocycles. The van der Waals surface area contributed by atoms with Crippen LogP contribution in [0.2, 0.25) is 0 Å². The van der Waals surface area contributed by atoms with Crippen LogP contribution in [0.25, 0.3) is 11.4 Å². The fourth-order valence-corrected chi connectivity index (χ4v) is 2.37. The lowest BCUT2D eigenvalue weighted by atomic mass is 10.1. The highest BCUT2D eigenvalue weighted by atomic mass is 16.3. The number of piperazine rings is 1. The number of hydrogen-bond donors (Lipinski definition) is 2. The van der Waals surface area contributed by atoms with Crippen LogP contribution in [0.3, 0.4) is 0 Å². The summed E-state index contributed by atoms with van der Waals surface area (Å²) in [7, 11) is 0. The van der Waals surface area contributed by atoms with E-state index in [1.54, 1.807) is 6.20 Å². The summed E-state index contributed by atoms with van der Waals surface area (Å²) >= 11 is 0. The summed E-state index contributed by atoms with van der Waals surface area (Å²) in [6, 6.07) is 9.66. The van der Waals surface area contributed by atoms with Crippen LogP contribution in [0.5, 0.6) is 0 Å². The fourth-order valence-electron chi connectivity index (χ4n) is 2.37. The zero-order valence-corrected chi connectivity index (χ0v) is 11.3. The highest BCUT2D eigenvalue weighted by Gasteiger charge is 2.12. The Bertz CT molecular complexity index is 582. The van der Waals surface area contributed by atoms with Gasteiger partial charge < -0.3 is 15.3 Å². The Morgan fingerprint density at radius 2 is 2.05 bits per heavy atom. The first-order valence-electron chi connectivity index (χ1n) is 6.86. The van der Waals surface area contributed by atoms with Crippen molar-refractivity contribution in [2.45, 2.75) is 6.61 Å². The van der Waals surface area contributed by atoms with Crippen LogP contribution in [-0.4, -0.2) is 41.3 Å². The van der Waals surface area contributed by atoms with Crippen molar-refractivity contribution >= 4 is 5.82 Å². The smallest absolute Gasteiger partial charge is 0.161 e. The predicted molar refractivity (Wildman–Crippen MR) is 78.5 cm³/mol. The number of nitrogens with one attached hydrogen (secondary N) is 1. The lowest BCUT2D eigenvalue weighted by Crippen LogP contribution is -2.43. The summed E-state index contributed by atoms with van der Waals surface area (Å²) in [4.78, 5) is 11.3. The molecule has 0 amide bonds. The maximum Gasteiger partial charge on any atom is 0.161 e. The van der Waals surface area contributed by atoms with Gasteiger partial charge in [-0.3, -0.25) is 0 Å². The SMILES string of the molecule is OCc1cccc(-c2nccc(N3CCNCC3)n2)c1. The van der Waals surface area contributed by atoms with Gasteiger partial charge in [-0.15, -0.1) is 0 Å². The molecule has 1 aromatic carbocycles. The summed E-state index contributed by atoms with van der Waals surface area (Å²) in [6.07, 6.45) is 1.80. The van der Waals surface area contributed by atoms with Crippen molar-refractivity contribution < 1.29 is 5.11 Å². The van der Waals surface area contributed by atoms with Gasteiger partial charge in [-0.1, -0.05) is 18.2 Å². The van der Waals surface area contributed by atoms with E-state index in [1.807, 2.05) is 30.3 Å². The highest BCUT2D eigenvalue weighted by Crippen LogP contribution is 2.19. The van der Waals surface area contributed by atoms with Gasteiger partial charge in [0.05, 0.1) is 6.61 Å². The predicted octanol–water partition coefficient (Wildman–Crippen LogP) is 1.05. The van der Waals surface area contributed by atoms with Crippen LogP contribution in [-0.2, 0) is 6.61 Å². The molecule has 0 aliphatic carbocycles. The van der Waals surface area contributed by atoms with Crippen molar-refractivity contribution in [3.05, 3.63) is 42.1 Å². The first kappa shape index (κ1) is 13.0. The molecule has 0 bridgehead atoms. The molecule has 1 fully saturated rings. The lowest BCUT2D eigenvalue weighted by Gasteiger charge is -2.28. The van der Waals surface area contributed by atoms with E-state index in [0.29, 0.717) is 5.82 Å². The second-order valence-corrected chi connectivity index (χ2v) is 4.83. The molecule has 2 heterocycles. The van der Waals surface area contributed by atoms with Crippen LogP contribution < -0.4 is 10.2 Å². The van der Waals surface area contributed by atoms with E-state index in [0.717, 1.165) is 43.1 Å². The van der Waals surface area contributed by atoms with E-state index >= 15 is 0 Å². The molecule has 5 nitrogen and oxygen atoms in total. The second kappa shape index (κ2) is 5.98. The molecule has 0 saturated carbocycles. The summed E-state index contributed by atoms with van der Waals surface area (Å²) in [5.41, 5.74) is 1.81. The number of aromatic nitrogens is 2. The molecule has 5 heteroatoms. The molecular formula is C15H18N4O. The Balaban J connectivity index is 1.89. The van der Waals surface area contributed by atoms with E-state index in [2.05, 4.69) is 20.2 Å². The van der Waals surface area contributed by atoms with E-state index in [-0.39, 0.29) is 6.61 Å². The minimum atomic E-state index is 0.0331. The molecule has 0 radical (unpaired) electrons. The average molecular weight is 270 g/mol. The van der Waals surface area contributed by atoms with Gasteiger partial charge in [-0.2, -0.15) is 0 Å². The van der Waals surface area contributed by atoms with Crippen molar-refractivity contribution in [3.8, 4) is 11.4 Å². The summed E-state index contributed by atoms with van der Waals surface area (Å²) in [5, 5.41) is 12.5. The van der Waals surface area contributed by atoms with Crippen molar-refractivity contribution in [3.63, 3.8) is 0 Å². The number of aliphatic hydroxyl groups is 1. The van der Waals surface area contributed by atoms with Gasteiger partial charge in [-0.25, -0.2) is 9.97 Å². The number of hydrogen-bond acceptors (Lipinski definition) is 5. The summed E-state index contributed by atoms with van der Waals surface area (Å²) in [5.74, 6) is 1.67. The fraction of sp³-hybridized carbons (Fsp3) is 0.333. The van der Waals surface area contributed by atoms with E-state index < -0.39 is 0 Å². The van der Waals surface area contributed by atoms with Crippen LogP contribution in [0, 0.1) is 0 Å². The Labute approximate surface area is 118 Å².